The molecular formula is C27H28F2N4O3. The van der Waals surface area contributed by atoms with Crippen LogP contribution in [0.3, 0.4) is 0 Å². The number of rotatable bonds is 6. The number of imide groups is 1. The van der Waals surface area contributed by atoms with Crippen LogP contribution >= 0.6 is 0 Å². The second-order valence-electron chi connectivity index (χ2n) is 9.46. The fourth-order valence-electron chi connectivity index (χ4n) is 4.61. The largest absolute Gasteiger partial charge is 0.362 e. The average molecular weight is 495 g/mol. The van der Waals surface area contributed by atoms with E-state index in [1.807, 2.05) is 6.92 Å². The Balaban J connectivity index is 1.57. The molecule has 2 aromatic carbocycles. The average Bonchev–Trinajstić information content (AvgIpc) is 3.06. The number of halogens is 2. The molecule has 1 fully saturated rings. The SMILES string of the molecule is CCCN1c2cc(F)c(/C=C3/NC(=O)N(CC(=O)Nc4ccc(F)cc4)C3=O)cc2C(C)=CC1(C)C. The summed E-state index contributed by atoms with van der Waals surface area (Å²) in [5, 5.41) is 4.92. The summed E-state index contributed by atoms with van der Waals surface area (Å²) < 4.78 is 28.3. The van der Waals surface area contributed by atoms with Crippen LogP contribution in [0.15, 0.2) is 48.2 Å². The molecule has 9 heteroatoms. The molecular weight excluding hydrogens is 466 g/mol. The van der Waals surface area contributed by atoms with Crippen molar-refractivity contribution in [3.05, 3.63) is 70.9 Å². The van der Waals surface area contributed by atoms with Gasteiger partial charge in [0.15, 0.2) is 0 Å². The summed E-state index contributed by atoms with van der Waals surface area (Å²) in [4.78, 5) is 40.4. The zero-order valence-corrected chi connectivity index (χ0v) is 20.6. The van der Waals surface area contributed by atoms with Crippen molar-refractivity contribution >= 4 is 40.9 Å². The minimum Gasteiger partial charge on any atom is -0.362 e. The Labute approximate surface area is 208 Å². The number of nitrogens with one attached hydrogen (secondary N) is 2. The summed E-state index contributed by atoms with van der Waals surface area (Å²) in [5.41, 5.74) is 2.69. The summed E-state index contributed by atoms with van der Waals surface area (Å²) in [6, 6.07) is 7.43. The first-order valence-electron chi connectivity index (χ1n) is 11.7. The maximum absolute atomic E-state index is 15.2. The third-order valence-electron chi connectivity index (χ3n) is 6.24. The van der Waals surface area contributed by atoms with Crippen LogP contribution in [0, 0.1) is 11.6 Å². The maximum Gasteiger partial charge on any atom is 0.329 e. The number of nitrogens with zero attached hydrogens (tertiary/aromatic N) is 2. The van der Waals surface area contributed by atoms with Gasteiger partial charge in [-0.3, -0.25) is 9.59 Å². The normalized spacial score (nSPS) is 17.7. The molecule has 2 aliphatic heterocycles. The fourth-order valence-corrected chi connectivity index (χ4v) is 4.61. The smallest absolute Gasteiger partial charge is 0.329 e. The van der Waals surface area contributed by atoms with Gasteiger partial charge >= 0.3 is 6.03 Å². The Kier molecular flexibility index (Phi) is 6.67. The van der Waals surface area contributed by atoms with Crippen LogP contribution in [0.4, 0.5) is 25.0 Å². The molecule has 0 atom stereocenters. The van der Waals surface area contributed by atoms with Gasteiger partial charge in [0.1, 0.15) is 23.9 Å². The van der Waals surface area contributed by atoms with Crippen LogP contribution in [0.25, 0.3) is 11.6 Å². The van der Waals surface area contributed by atoms with Gasteiger partial charge in [0.25, 0.3) is 5.91 Å². The fraction of sp³-hybridized carbons (Fsp3) is 0.296. The van der Waals surface area contributed by atoms with Gasteiger partial charge in [-0.1, -0.05) is 13.0 Å². The monoisotopic (exact) mass is 494 g/mol. The Hall–Kier alpha value is -4.01. The highest BCUT2D eigenvalue weighted by atomic mass is 19.1. The second kappa shape index (κ2) is 9.56. The standard InChI is InChI=1S/C27H28F2N4O3/c1-5-10-33-23-13-21(29)17(11-20(23)16(2)14-27(33,3)4)12-22-25(35)32(26(36)31-22)15-24(34)30-19-8-6-18(28)7-9-19/h6-9,11-14H,5,10,15H2,1-4H3,(H,30,34)(H,31,36)/b22-12+. The van der Waals surface area contributed by atoms with Gasteiger partial charge in [0.2, 0.25) is 5.91 Å². The molecule has 0 spiro atoms. The number of fused-ring (bicyclic) bond motifs is 1. The minimum atomic E-state index is -0.786. The third kappa shape index (κ3) is 4.86. The van der Waals surface area contributed by atoms with Crippen LogP contribution in [-0.4, -0.2) is 41.4 Å². The third-order valence-corrected chi connectivity index (χ3v) is 6.24. The molecule has 4 amide bonds. The van der Waals surface area contributed by atoms with Crippen molar-refractivity contribution in [1.82, 2.24) is 10.2 Å². The van der Waals surface area contributed by atoms with Crippen molar-refractivity contribution in [2.75, 3.05) is 23.3 Å². The van der Waals surface area contributed by atoms with Crippen molar-refractivity contribution in [2.45, 2.75) is 39.7 Å². The van der Waals surface area contributed by atoms with E-state index in [1.165, 1.54) is 36.4 Å². The predicted molar refractivity (Wildman–Crippen MR) is 135 cm³/mol. The van der Waals surface area contributed by atoms with Crippen molar-refractivity contribution in [3.63, 3.8) is 0 Å². The Bertz CT molecular complexity index is 1300. The first-order chi connectivity index (χ1) is 17.0. The molecule has 1 saturated heterocycles. The van der Waals surface area contributed by atoms with E-state index in [9.17, 15) is 18.8 Å². The number of amides is 4. The highest BCUT2D eigenvalue weighted by Crippen LogP contribution is 2.40. The van der Waals surface area contributed by atoms with Crippen molar-refractivity contribution in [2.24, 2.45) is 0 Å². The maximum atomic E-state index is 15.2. The number of hydrogen-bond donors (Lipinski definition) is 2. The number of hydrogen-bond acceptors (Lipinski definition) is 4. The highest BCUT2D eigenvalue weighted by molar-refractivity contribution is 6.16. The molecule has 188 valence electrons. The lowest BCUT2D eigenvalue weighted by molar-refractivity contribution is -0.127. The molecule has 2 N–H and O–H groups in total. The van der Waals surface area contributed by atoms with Crippen molar-refractivity contribution < 1.29 is 23.2 Å². The summed E-state index contributed by atoms with van der Waals surface area (Å²) in [6.45, 7) is 8.40. The first kappa shape index (κ1) is 25.1. The molecule has 0 aliphatic carbocycles. The quantitative estimate of drug-likeness (QED) is 0.442. The number of allylic oxidation sites excluding steroid dienone is 1. The molecule has 7 nitrogen and oxygen atoms in total. The Morgan fingerprint density at radius 2 is 1.83 bits per heavy atom. The molecule has 0 unspecified atom stereocenters. The van der Waals surface area contributed by atoms with Gasteiger partial charge in [0, 0.05) is 29.0 Å². The van der Waals surface area contributed by atoms with Crippen LogP contribution in [0.5, 0.6) is 0 Å². The lowest BCUT2D eigenvalue weighted by Crippen LogP contribution is -2.45. The zero-order chi connectivity index (χ0) is 26.2. The molecule has 2 aliphatic rings. The van der Waals surface area contributed by atoms with Gasteiger partial charge in [-0.2, -0.15) is 0 Å². The van der Waals surface area contributed by atoms with Crippen LogP contribution < -0.4 is 15.5 Å². The number of carbonyl (C=O) groups is 3. The molecule has 4 rings (SSSR count). The molecule has 36 heavy (non-hydrogen) atoms. The summed E-state index contributed by atoms with van der Waals surface area (Å²) in [5.74, 6) is -2.36. The highest BCUT2D eigenvalue weighted by Gasteiger charge is 2.36. The van der Waals surface area contributed by atoms with E-state index in [2.05, 4.69) is 42.4 Å². The number of benzene rings is 2. The molecule has 2 heterocycles. The van der Waals surface area contributed by atoms with E-state index in [4.69, 9.17) is 0 Å². The van der Waals surface area contributed by atoms with E-state index in [0.717, 1.165) is 34.7 Å². The Morgan fingerprint density at radius 1 is 1.14 bits per heavy atom. The van der Waals surface area contributed by atoms with Gasteiger partial charge in [0.05, 0.1) is 5.54 Å². The first-order valence-corrected chi connectivity index (χ1v) is 11.7. The van der Waals surface area contributed by atoms with Gasteiger partial charge in [-0.15, -0.1) is 0 Å². The number of urea groups is 1. The van der Waals surface area contributed by atoms with E-state index in [1.54, 1.807) is 6.07 Å². The summed E-state index contributed by atoms with van der Waals surface area (Å²) in [7, 11) is 0. The molecule has 2 aromatic rings. The van der Waals surface area contributed by atoms with E-state index in [0.29, 0.717) is 5.69 Å². The molecule has 0 radical (unpaired) electrons. The van der Waals surface area contributed by atoms with Crippen LogP contribution in [0.2, 0.25) is 0 Å². The van der Waals surface area contributed by atoms with Gasteiger partial charge in [-0.05, 0) is 75.2 Å². The van der Waals surface area contributed by atoms with Crippen LogP contribution in [-0.2, 0) is 9.59 Å². The van der Waals surface area contributed by atoms with Crippen molar-refractivity contribution in [1.29, 1.82) is 0 Å². The van der Waals surface area contributed by atoms with Gasteiger partial charge in [-0.25, -0.2) is 18.5 Å². The summed E-state index contributed by atoms with van der Waals surface area (Å²) in [6.07, 6.45) is 4.31. The van der Waals surface area contributed by atoms with Crippen molar-refractivity contribution in [3.8, 4) is 0 Å². The topological polar surface area (TPSA) is 81.8 Å². The van der Waals surface area contributed by atoms with E-state index >= 15 is 4.39 Å². The molecule has 0 saturated carbocycles. The second-order valence-corrected chi connectivity index (χ2v) is 9.46. The summed E-state index contributed by atoms with van der Waals surface area (Å²) >= 11 is 0. The van der Waals surface area contributed by atoms with E-state index in [-0.39, 0.29) is 16.8 Å². The predicted octanol–water partition coefficient (Wildman–Crippen LogP) is 4.91. The van der Waals surface area contributed by atoms with Gasteiger partial charge < -0.3 is 15.5 Å². The molecule has 0 aromatic heterocycles. The number of anilines is 2. The molecule has 0 bridgehead atoms. The number of carbonyl (C=O) groups excluding carboxylic acids is 3. The van der Waals surface area contributed by atoms with Crippen LogP contribution in [0.1, 0.15) is 45.2 Å². The minimum absolute atomic E-state index is 0.128. The lowest BCUT2D eigenvalue weighted by atomic mass is 9.87. The van der Waals surface area contributed by atoms with E-state index < -0.39 is 36.0 Å². The lowest BCUT2D eigenvalue weighted by Gasteiger charge is -2.43. The Morgan fingerprint density at radius 3 is 2.50 bits per heavy atom. The zero-order valence-electron chi connectivity index (χ0n) is 20.6.